The third-order valence-corrected chi connectivity index (χ3v) is 3.62. The van der Waals surface area contributed by atoms with Crippen LogP contribution in [0.15, 0.2) is 29.8 Å². The molecule has 2 rings (SSSR count). The average Bonchev–Trinajstić information content (AvgIpc) is 2.52. The molecule has 1 amide bonds. The van der Waals surface area contributed by atoms with Crippen LogP contribution in [0.25, 0.3) is 6.08 Å². The quantitative estimate of drug-likeness (QED) is 0.847. The van der Waals surface area contributed by atoms with Crippen molar-refractivity contribution in [3.63, 3.8) is 0 Å². The van der Waals surface area contributed by atoms with Gasteiger partial charge in [0.15, 0.2) is 6.61 Å². The number of benzene rings is 1. The molecule has 0 saturated carbocycles. The monoisotopic (exact) mass is 303 g/mol. The largest absolute Gasteiger partial charge is 0.488 e. The van der Waals surface area contributed by atoms with E-state index in [1.807, 2.05) is 45.0 Å². The minimum Gasteiger partial charge on any atom is -0.488 e. The van der Waals surface area contributed by atoms with Gasteiger partial charge in [0.1, 0.15) is 12.4 Å². The molecule has 0 unspecified atom stereocenters. The molecule has 0 aromatic heterocycles. The van der Waals surface area contributed by atoms with Gasteiger partial charge in [0, 0.05) is 11.6 Å². The third kappa shape index (κ3) is 4.10. The highest BCUT2D eigenvalue weighted by Gasteiger charge is 2.19. The fourth-order valence-electron chi connectivity index (χ4n) is 1.92. The Kier molecular flexibility index (Phi) is 5.20. The van der Waals surface area contributed by atoms with Gasteiger partial charge in [-0.05, 0) is 25.0 Å². The van der Waals surface area contributed by atoms with E-state index in [0.29, 0.717) is 11.5 Å². The predicted octanol–water partition coefficient (Wildman–Crippen LogP) is 2.17. The van der Waals surface area contributed by atoms with Crippen molar-refractivity contribution >= 4 is 18.0 Å². The smallest absolute Gasteiger partial charge is 0.338 e. The summed E-state index contributed by atoms with van der Waals surface area (Å²) < 4.78 is 10.5. The lowest BCUT2D eigenvalue weighted by Crippen LogP contribution is -2.38. The highest BCUT2D eigenvalue weighted by Crippen LogP contribution is 2.25. The van der Waals surface area contributed by atoms with Crippen molar-refractivity contribution in [2.24, 2.45) is 5.92 Å². The van der Waals surface area contributed by atoms with Gasteiger partial charge in [0.25, 0.3) is 5.91 Å². The van der Waals surface area contributed by atoms with Gasteiger partial charge in [-0.2, -0.15) is 0 Å². The zero-order valence-corrected chi connectivity index (χ0v) is 13.1. The minimum absolute atomic E-state index is 0.0373. The number of para-hydroxylation sites is 1. The molecule has 118 valence electrons. The lowest BCUT2D eigenvalue weighted by atomic mass is 10.1. The highest BCUT2D eigenvalue weighted by atomic mass is 16.5. The molecule has 1 N–H and O–H groups in total. The summed E-state index contributed by atoms with van der Waals surface area (Å²) >= 11 is 0. The number of hydrogen-bond donors (Lipinski definition) is 1. The fraction of sp³-hybridized carbons (Fsp3) is 0.412. The number of carbonyl (C=O) groups is 2. The molecule has 5 nitrogen and oxygen atoms in total. The molecule has 1 heterocycles. The van der Waals surface area contributed by atoms with Crippen molar-refractivity contribution in [3.05, 3.63) is 35.4 Å². The fourth-order valence-corrected chi connectivity index (χ4v) is 1.92. The maximum Gasteiger partial charge on any atom is 0.338 e. The molecule has 0 spiro atoms. The van der Waals surface area contributed by atoms with Gasteiger partial charge in [-0.1, -0.05) is 32.0 Å². The first-order valence-electron chi connectivity index (χ1n) is 7.36. The standard InChI is InChI=1S/C17H21NO4/c1-11(2)12(3)18-16(19)10-22-17(20)14-8-13-6-4-5-7-15(13)21-9-14/h4-8,11-12H,9-10H2,1-3H3,(H,18,19)/t12-/m1/s1. The van der Waals surface area contributed by atoms with Crippen molar-refractivity contribution in [1.29, 1.82) is 0 Å². The van der Waals surface area contributed by atoms with E-state index in [-0.39, 0.29) is 25.2 Å². The molecule has 0 bridgehead atoms. The van der Waals surface area contributed by atoms with Gasteiger partial charge < -0.3 is 14.8 Å². The third-order valence-electron chi connectivity index (χ3n) is 3.62. The zero-order chi connectivity index (χ0) is 16.1. The summed E-state index contributed by atoms with van der Waals surface area (Å²) in [7, 11) is 0. The van der Waals surface area contributed by atoms with Crippen molar-refractivity contribution < 1.29 is 19.1 Å². The first-order valence-corrected chi connectivity index (χ1v) is 7.36. The van der Waals surface area contributed by atoms with Crippen molar-refractivity contribution in [2.45, 2.75) is 26.8 Å². The molecule has 1 aliphatic rings. The molecular weight excluding hydrogens is 282 g/mol. The molecule has 0 aliphatic carbocycles. The van der Waals surface area contributed by atoms with Gasteiger partial charge >= 0.3 is 5.97 Å². The van der Waals surface area contributed by atoms with Gasteiger partial charge in [-0.3, -0.25) is 4.79 Å². The number of ether oxygens (including phenoxy) is 2. The number of amides is 1. The predicted molar refractivity (Wildman–Crippen MR) is 83.3 cm³/mol. The van der Waals surface area contributed by atoms with Crippen LogP contribution >= 0.6 is 0 Å². The molecule has 0 fully saturated rings. The Hall–Kier alpha value is -2.30. The first-order chi connectivity index (χ1) is 10.5. The summed E-state index contributed by atoms with van der Waals surface area (Å²) in [6.07, 6.45) is 1.73. The summed E-state index contributed by atoms with van der Waals surface area (Å²) in [4.78, 5) is 23.7. The van der Waals surface area contributed by atoms with Crippen LogP contribution in [-0.4, -0.2) is 31.1 Å². The minimum atomic E-state index is -0.526. The molecule has 1 aromatic carbocycles. The van der Waals surface area contributed by atoms with E-state index in [9.17, 15) is 9.59 Å². The molecule has 22 heavy (non-hydrogen) atoms. The number of rotatable bonds is 5. The van der Waals surface area contributed by atoms with Crippen LogP contribution in [0.1, 0.15) is 26.3 Å². The topological polar surface area (TPSA) is 64.6 Å². The summed E-state index contributed by atoms with van der Waals surface area (Å²) in [5.74, 6) is 0.238. The Labute approximate surface area is 130 Å². The summed E-state index contributed by atoms with van der Waals surface area (Å²) in [5.41, 5.74) is 1.24. The molecule has 0 saturated heterocycles. The van der Waals surface area contributed by atoms with Crippen LogP contribution < -0.4 is 10.1 Å². The molecule has 1 aliphatic heterocycles. The summed E-state index contributed by atoms with van der Waals surface area (Å²) in [6, 6.07) is 7.48. The lowest BCUT2D eigenvalue weighted by molar-refractivity contribution is -0.145. The van der Waals surface area contributed by atoms with E-state index in [0.717, 1.165) is 11.3 Å². The van der Waals surface area contributed by atoms with Crippen molar-refractivity contribution in [2.75, 3.05) is 13.2 Å². The number of carbonyl (C=O) groups excluding carboxylic acids is 2. The average molecular weight is 303 g/mol. The maximum atomic E-state index is 12.0. The van der Waals surface area contributed by atoms with Gasteiger partial charge in [-0.25, -0.2) is 4.79 Å². The van der Waals surface area contributed by atoms with Gasteiger partial charge in [0.2, 0.25) is 0 Å². The summed E-state index contributed by atoms with van der Waals surface area (Å²) in [5, 5.41) is 2.79. The Bertz CT molecular complexity index is 592. The van der Waals surface area contributed by atoms with E-state index < -0.39 is 5.97 Å². The summed E-state index contributed by atoms with van der Waals surface area (Å²) in [6.45, 7) is 5.81. The molecule has 0 radical (unpaired) electrons. The second kappa shape index (κ2) is 7.11. The van der Waals surface area contributed by atoms with Gasteiger partial charge in [0.05, 0.1) is 5.57 Å². The van der Waals surface area contributed by atoms with Crippen molar-refractivity contribution in [1.82, 2.24) is 5.32 Å². The zero-order valence-electron chi connectivity index (χ0n) is 13.1. The van der Waals surface area contributed by atoms with Crippen LogP contribution in [0.3, 0.4) is 0 Å². The lowest BCUT2D eigenvalue weighted by Gasteiger charge is -2.18. The SMILES string of the molecule is CC(C)[C@@H](C)NC(=O)COC(=O)C1=Cc2ccccc2OC1. The highest BCUT2D eigenvalue weighted by molar-refractivity contribution is 5.96. The number of fused-ring (bicyclic) bond motifs is 1. The first kappa shape index (κ1) is 16.1. The maximum absolute atomic E-state index is 12.0. The normalized spacial score (nSPS) is 14.5. The second-order valence-electron chi connectivity index (χ2n) is 5.67. The Morgan fingerprint density at radius 2 is 2.00 bits per heavy atom. The Morgan fingerprint density at radius 3 is 2.73 bits per heavy atom. The van der Waals surface area contributed by atoms with Crippen LogP contribution in [0.4, 0.5) is 0 Å². The van der Waals surface area contributed by atoms with Crippen LogP contribution in [0.5, 0.6) is 5.75 Å². The van der Waals surface area contributed by atoms with Crippen LogP contribution in [0, 0.1) is 5.92 Å². The Balaban J connectivity index is 1.88. The number of hydrogen-bond acceptors (Lipinski definition) is 4. The molecular formula is C17H21NO4. The second-order valence-corrected chi connectivity index (χ2v) is 5.67. The van der Waals surface area contributed by atoms with E-state index in [1.165, 1.54) is 0 Å². The number of esters is 1. The molecule has 5 heteroatoms. The number of nitrogens with one attached hydrogen (secondary N) is 1. The van der Waals surface area contributed by atoms with E-state index >= 15 is 0 Å². The van der Waals surface area contributed by atoms with Crippen LogP contribution in [0.2, 0.25) is 0 Å². The van der Waals surface area contributed by atoms with Crippen LogP contribution in [-0.2, 0) is 14.3 Å². The van der Waals surface area contributed by atoms with Crippen molar-refractivity contribution in [3.8, 4) is 5.75 Å². The van der Waals surface area contributed by atoms with E-state index in [1.54, 1.807) is 6.08 Å². The van der Waals surface area contributed by atoms with E-state index in [4.69, 9.17) is 9.47 Å². The Morgan fingerprint density at radius 1 is 1.27 bits per heavy atom. The molecule has 1 atom stereocenters. The van der Waals surface area contributed by atoms with E-state index in [2.05, 4.69) is 5.32 Å². The van der Waals surface area contributed by atoms with Gasteiger partial charge in [-0.15, -0.1) is 0 Å². The molecule has 1 aromatic rings.